The molecule has 0 radical (unpaired) electrons. The molecule has 0 aliphatic rings. The van der Waals surface area contributed by atoms with Crippen LogP contribution in [0.25, 0.3) is 0 Å². The number of hydrogen-bond acceptors (Lipinski definition) is 6. The van der Waals surface area contributed by atoms with Gasteiger partial charge in [-0.25, -0.2) is 13.4 Å². The Morgan fingerprint density at radius 3 is 2.55 bits per heavy atom. The summed E-state index contributed by atoms with van der Waals surface area (Å²) in [6, 6.07) is 17.9. The third-order valence-corrected chi connectivity index (χ3v) is 7.27. The van der Waals surface area contributed by atoms with Crippen molar-refractivity contribution < 1.29 is 17.6 Å². The highest BCUT2D eigenvalue weighted by Crippen LogP contribution is 2.24. The average molecular weight is 453 g/mol. The maximum absolute atomic E-state index is 12.7. The average Bonchev–Trinajstić information content (AvgIpc) is 3.39. The van der Waals surface area contributed by atoms with Crippen LogP contribution in [0.1, 0.15) is 32.1 Å². The van der Waals surface area contributed by atoms with Crippen molar-refractivity contribution in [2.24, 2.45) is 0 Å². The maximum atomic E-state index is 12.7. The quantitative estimate of drug-likeness (QED) is 0.432. The molecule has 6 nitrogen and oxygen atoms in total. The van der Waals surface area contributed by atoms with Crippen molar-refractivity contribution in [1.29, 1.82) is 0 Å². The van der Waals surface area contributed by atoms with Crippen LogP contribution in [0, 0.1) is 6.92 Å². The van der Waals surface area contributed by atoms with E-state index in [0.717, 1.165) is 16.9 Å². The lowest BCUT2D eigenvalue weighted by Crippen LogP contribution is -2.14. The first-order valence-electron chi connectivity index (χ1n) is 9.56. The number of carbonyl (C=O) groups is 1. The molecule has 0 saturated carbocycles. The molecule has 2 aromatic heterocycles. The van der Waals surface area contributed by atoms with Crippen molar-refractivity contribution in [3.8, 4) is 0 Å². The van der Waals surface area contributed by atoms with E-state index in [4.69, 9.17) is 4.42 Å². The zero-order chi connectivity index (χ0) is 21.8. The Bertz CT molecular complexity index is 1290. The van der Waals surface area contributed by atoms with E-state index in [1.54, 1.807) is 24.4 Å². The number of hydrogen-bond donors (Lipinski definition) is 1. The van der Waals surface area contributed by atoms with Gasteiger partial charge in [-0.05, 0) is 30.7 Å². The monoisotopic (exact) mass is 452 g/mol. The molecule has 158 valence electrons. The molecule has 1 N–H and O–H groups in total. The molecule has 4 rings (SSSR count). The Morgan fingerprint density at radius 2 is 1.81 bits per heavy atom. The van der Waals surface area contributed by atoms with Gasteiger partial charge in [-0.15, -0.1) is 11.3 Å². The van der Waals surface area contributed by atoms with Gasteiger partial charge in [-0.1, -0.05) is 48.0 Å². The van der Waals surface area contributed by atoms with Crippen LogP contribution in [0.3, 0.4) is 0 Å². The Labute approximate surface area is 184 Å². The molecule has 0 fully saturated rings. The van der Waals surface area contributed by atoms with Crippen molar-refractivity contribution in [1.82, 2.24) is 4.98 Å². The van der Waals surface area contributed by atoms with Gasteiger partial charge < -0.3 is 4.42 Å². The second-order valence-corrected chi connectivity index (χ2v) is 10.2. The molecule has 0 saturated heterocycles. The van der Waals surface area contributed by atoms with E-state index < -0.39 is 15.7 Å². The van der Waals surface area contributed by atoms with Gasteiger partial charge in [0, 0.05) is 23.1 Å². The number of aromatic nitrogens is 1. The smallest absolute Gasteiger partial charge is 0.293 e. The highest BCUT2D eigenvalue weighted by Gasteiger charge is 2.23. The minimum Gasteiger partial charge on any atom is -0.459 e. The lowest BCUT2D eigenvalue weighted by Gasteiger charge is -2.05. The largest absolute Gasteiger partial charge is 0.459 e. The van der Waals surface area contributed by atoms with Crippen molar-refractivity contribution >= 4 is 32.2 Å². The summed E-state index contributed by atoms with van der Waals surface area (Å²) in [6.45, 7) is 2.04. The fourth-order valence-electron chi connectivity index (χ4n) is 3.07. The fourth-order valence-corrected chi connectivity index (χ4v) is 5.29. The summed E-state index contributed by atoms with van der Waals surface area (Å²) < 4.78 is 30.6. The molecule has 31 heavy (non-hydrogen) atoms. The van der Waals surface area contributed by atoms with E-state index in [-0.39, 0.29) is 16.4 Å². The van der Waals surface area contributed by atoms with E-state index in [0.29, 0.717) is 10.7 Å². The normalized spacial score (nSPS) is 11.4. The van der Waals surface area contributed by atoms with E-state index in [2.05, 4.69) is 34.6 Å². The maximum Gasteiger partial charge on any atom is 0.293 e. The number of carbonyl (C=O) groups excluding carboxylic acids is 1. The van der Waals surface area contributed by atoms with Crippen LogP contribution in [0.2, 0.25) is 0 Å². The molecule has 0 bridgehead atoms. The zero-order valence-electron chi connectivity index (χ0n) is 16.7. The lowest BCUT2D eigenvalue weighted by atomic mass is 10.1. The van der Waals surface area contributed by atoms with Gasteiger partial charge >= 0.3 is 0 Å². The molecule has 2 aromatic carbocycles. The van der Waals surface area contributed by atoms with E-state index in [1.165, 1.54) is 41.4 Å². The molecule has 0 atom stereocenters. The lowest BCUT2D eigenvalue weighted by molar-refractivity contribution is 0.0995. The highest BCUT2D eigenvalue weighted by atomic mass is 32.2. The van der Waals surface area contributed by atoms with Crippen LogP contribution in [0.4, 0.5) is 5.13 Å². The highest BCUT2D eigenvalue weighted by molar-refractivity contribution is 7.90. The number of thiazole rings is 1. The number of aryl methyl sites for hydroxylation is 1. The Hall–Kier alpha value is -3.23. The summed E-state index contributed by atoms with van der Waals surface area (Å²) in [4.78, 5) is 18.2. The van der Waals surface area contributed by atoms with Crippen molar-refractivity contribution in [3.05, 3.63) is 100 Å². The second kappa shape index (κ2) is 8.87. The van der Waals surface area contributed by atoms with Gasteiger partial charge in [0.1, 0.15) is 0 Å². The number of furan rings is 1. The van der Waals surface area contributed by atoms with Gasteiger partial charge in [0.2, 0.25) is 0 Å². The standard InChI is InChI=1S/C23H20N2O4S2/c1-16-7-9-17(10-8-16)13-19-14-24-23(30-19)25-22(26)21-18(11-12-29-21)15-31(27,28)20-5-3-2-4-6-20/h2-12,14H,13,15H2,1H3,(H,24,25,26). The Kier molecular flexibility index (Phi) is 6.01. The first-order valence-corrected chi connectivity index (χ1v) is 12.0. The summed E-state index contributed by atoms with van der Waals surface area (Å²) in [5, 5.41) is 3.14. The van der Waals surface area contributed by atoms with Gasteiger partial charge in [-0.2, -0.15) is 0 Å². The summed E-state index contributed by atoms with van der Waals surface area (Å²) in [6.07, 6.45) is 3.76. The van der Waals surface area contributed by atoms with Crippen LogP contribution < -0.4 is 5.32 Å². The molecular weight excluding hydrogens is 432 g/mol. The third-order valence-electron chi connectivity index (χ3n) is 4.67. The third kappa shape index (κ3) is 5.10. The molecule has 2 heterocycles. The number of anilines is 1. The number of nitrogens with one attached hydrogen (secondary N) is 1. The van der Waals surface area contributed by atoms with Crippen molar-refractivity contribution in [2.45, 2.75) is 24.0 Å². The van der Waals surface area contributed by atoms with Crippen LogP contribution in [-0.4, -0.2) is 19.3 Å². The SMILES string of the molecule is Cc1ccc(Cc2cnc(NC(=O)c3occc3CS(=O)(=O)c3ccccc3)s2)cc1. The zero-order valence-corrected chi connectivity index (χ0v) is 18.4. The Morgan fingerprint density at radius 1 is 1.06 bits per heavy atom. The van der Waals surface area contributed by atoms with Crippen LogP contribution in [0.15, 0.2) is 82.4 Å². The summed E-state index contributed by atoms with van der Waals surface area (Å²) >= 11 is 1.37. The predicted octanol–water partition coefficient (Wildman–Crippen LogP) is 4.86. The molecule has 4 aromatic rings. The van der Waals surface area contributed by atoms with Crippen molar-refractivity contribution in [2.75, 3.05) is 5.32 Å². The molecule has 8 heteroatoms. The minimum absolute atomic E-state index is 0.0326. The molecule has 0 spiro atoms. The number of rotatable bonds is 7. The second-order valence-electron chi connectivity index (χ2n) is 7.10. The minimum atomic E-state index is -3.60. The number of nitrogens with zero attached hydrogens (tertiary/aromatic N) is 1. The van der Waals surface area contributed by atoms with E-state index >= 15 is 0 Å². The molecule has 0 aliphatic carbocycles. The fraction of sp³-hybridized carbons (Fsp3) is 0.130. The van der Waals surface area contributed by atoms with E-state index in [9.17, 15) is 13.2 Å². The first-order chi connectivity index (χ1) is 14.9. The number of sulfone groups is 1. The molecule has 0 unspecified atom stereocenters. The van der Waals surface area contributed by atoms with Crippen LogP contribution >= 0.6 is 11.3 Å². The molecule has 0 aliphatic heterocycles. The van der Waals surface area contributed by atoms with Crippen LogP contribution in [0.5, 0.6) is 0 Å². The summed E-state index contributed by atoms with van der Waals surface area (Å²) in [5.41, 5.74) is 2.66. The summed E-state index contributed by atoms with van der Waals surface area (Å²) in [5.74, 6) is -0.887. The number of benzene rings is 2. The Balaban J connectivity index is 1.45. The first kappa shape index (κ1) is 21.0. The van der Waals surface area contributed by atoms with Gasteiger partial charge in [0.05, 0.1) is 16.9 Å². The van der Waals surface area contributed by atoms with Crippen LogP contribution in [-0.2, 0) is 22.0 Å². The topological polar surface area (TPSA) is 89.3 Å². The molecule has 1 amide bonds. The van der Waals surface area contributed by atoms with Gasteiger partial charge in [-0.3, -0.25) is 10.1 Å². The van der Waals surface area contributed by atoms with Crippen molar-refractivity contribution in [3.63, 3.8) is 0 Å². The van der Waals surface area contributed by atoms with E-state index in [1.807, 2.05) is 6.92 Å². The number of amides is 1. The van der Waals surface area contributed by atoms with Gasteiger partial charge in [0.15, 0.2) is 20.7 Å². The molecular formula is C23H20N2O4S2. The summed E-state index contributed by atoms with van der Waals surface area (Å²) in [7, 11) is -3.60. The predicted molar refractivity (Wildman–Crippen MR) is 120 cm³/mol. The van der Waals surface area contributed by atoms with Gasteiger partial charge in [0.25, 0.3) is 5.91 Å².